The average Bonchev–Trinajstić information content (AvgIpc) is 2.05. The predicted octanol–water partition coefficient (Wildman–Crippen LogP) is 2.34. The summed E-state index contributed by atoms with van der Waals surface area (Å²) in [5.41, 5.74) is 2.44. The van der Waals surface area contributed by atoms with Gasteiger partial charge in [-0.2, -0.15) is 0 Å². The van der Waals surface area contributed by atoms with Crippen molar-refractivity contribution in [2.45, 2.75) is 32.6 Å². The van der Waals surface area contributed by atoms with E-state index in [1.54, 1.807) is 0 Å². The summed E-state index contributed by atoms with van der Waals surface area (Å²) >= 11 is 0. The molecule has 0 atom stereocenters. The maximum absolute atomic E-state index is 8.42. The molecular weight excluding hydrogens is 126 g/mol. The monoisotopic (exact) mass is 139 g/mol. The zero-order valence-electron chi connectivity index (χ0n) is 6.30. The first-order valence-electron chi connectivity index (χ1n) is 3.70. The van der Waals surface area contributed by atoms with Gasteiger partial charge in [-0.3, -0.25) is 0 Å². The van der Waals surface area contributed by atoms with Crippen molar-refractivity contribution in [1.82, 2.24) is 0 Å². The molecule has 0 aliphatic heterocycles. The fourth-order valence-corrected chi connectivity index (χ4v) is 1.25. The van der Waals surface area contributed by atoms with Gasteiger partial charge in [-0.1, -0.05) is 16.8 Å². The van der Waals surface area contributed by atoms with E-state index in [0.717, 1.165) is 31.4 Å². The highest BCUT2D eigenvalue weighted by molar-refractivity contribution is 5.85. The molecule has 0 aromatic carbocycles. The third kappa shape index (κ3) is 1.59. The van der Waals surface area contributed by atoms with Crippen molar-refractivity contribution in [1.29, 1.82) is 0 Å². The molecule has 0 saturated heterocycles. The van der Waals surface area contributed by atoms with Gasteiger partial charge >= 0.3 is 0 Å². The molecule has 0 amide bonds. The van der Waals surface area contributed by atoms with Gasteiger partial charge in [-0.25, -0.2) is 0 Å². The van der Waals surface area contributed by atoms with Crippen molar-refractivity contribution in [3.63, 3.8) is 0 Å². The second kappa shape index (κ2) is 3.40. The van der Waals surface area contributed by atoms with Crippen molar-refractivity contribution in [3.8, 4) is 0 Å². The molecule has 10 heavy (non-hydrogen) atoms. The van der Waals surface area contributed by atoms with E-state index < -0.39 is 0 Å². The van der Waals surface area contributed by atoms with Gasteiger partial charge in [-0.05, 0) is 32.6 Å². The molecule has 1 saturated carbocycles. The molecule has 1 aliphatic rings. The van der Waals surface area contributed by atoms with Crippen molar-refractivity contribution in [2.75, 3.05) is 0 Å². The van der Waals surface area contributed by atoms with E-state index in [4.69, 9.17) is 5.21 Å². The number of hydrogen-bond donors (Lipinski definition) is 1. The number of allylic oxidation sites excluding steroid dienone is 2. The van der Waals surface area contributed by atoms with Crippen LogP contribution >= 0.6 is 0 Å². The summed E-state index contributed by atoms with van der Waals surface area (Å²) in [7, 11) is 0. The Morgan fingerprint density at radius 3 is 2.30 bits per heavy atom. The van der Waals surface area contributed by atoms with E-state index in [1.807, 2.05) is 0 Å². The zero-order valence-corrected chi connectivity index (χ0v) is 6.30. The second-order valence-electron chi connectivity index (χ2n) is 2.61. The topological polar surface area (TPSA) is 32.6 Å². The molecule has 0 aromatic rings. The zero-order chi connectivity index (χ0) is 7.40. The third-order valence-corrected chi connectivity index (χ3v) is 2.02. The normalized spacial score (nSPS) is 18.9. The number of rotatable bonds is 0. The SMILES string of the molecule is CC=C1CCC(=NO)CC1. The lowest BCUT2D eigenvalue weighted by Crippen LogP contribution is -2.06. The largest absolute Gasteiger partial charge is 0.411 e. The summed E-state index contributed by atoms with van der Waals surface area (Å²) in [6.45, 7) is 2.07. The van der Waals surface area contributed by atoms with Gasteiger partial charge in [-0.15, -0.1) is 0 Å². The number of nitrogens with zero attached hydrogens (tertiary/aromatic N) is 1. The Labute approximate surface area is 61.2 Å². The molecule has 0 spiro atoms. The Hall–Kier alpha value is -0.790. The van der Waals surface area contributed by atoms with E-state index in [9.17, 15) is 0 Å². The maximum Gasteiger partial charge on any atom is 0.0577 e. The van der Waals surface area contributed by atoms with Crippen LogP contribution in [-0.4, -0.2) is 10.9 Å². The van der Waals surface area contributed by atoms with Gasteiger partial charge in [0, 0.05) is 0 Å². The predicted molar refractivity (Wildman–Crippen MR) is 41.4 cm³/mol. The molecule has 0 radical (unpaired) electrons. The van der Waals surface area contributed by atoms with E-state index in [2.05, 4.69) is 18.2 Å². The highest BCUT2D eigenvalue weighted by Gasteiger charge is 2.09. The molecule has 2 nitrogen and oxygen atoms in total. The number of hydrogen-bond acceptors (Lipinski definition) is 2. The summed E-state index contributed by atoms with van der Waals surface area (Å²) in [5, 5.41) is 11.6. The molecule has 0 aromatic heterocycles. The first-order chi connectivity index (χ1) is 4.86. The van der Waals surface area contributed by atoms with Crippen LogP contribution in [0.25, 0.3) is 0 Å². The van der Waals surface area contributed by atoms with Crippen LogP contribution in [0.2, 0.25) is 0 Å². The van der Waals surface area contributed by atoms with Crippen LogP contribution < -0.4 is 0 Å². The molecule has 1 N–H and O–H groups in total. The fourth-order valence-electron chi connectivity index (χ4n) is 1.25. The molecule has 2 heteroatoms. The molecular formula is C8H13NO. The minimum absolute atomic E-state index is 0.941. The van der Waals surface area contributed by atoms with E-state index in [-0.39, 0.29) is 0 Å². The van der Waals surface area contributed by atoms with Crippen molar-refractivity contribution in [2.24, 2.45) is 5.16 Å². The van der Waals surface area contributed by atoms with Gasteiger partial charge < -0.3 is 5.21 Å². The van der Waals surface area contributed by atoms with Crippen molar-refractivity contribution in [3.05, 3.63) is 11.6 Å². The van der Waals surface area contributed by atoms with Gasteiger partial charge in [0.25, 0.3) is 0 Å². The number of oxime groups is 1. The van der Waals surface area contributed by atoms with Crippen molar-refractivity contribution < 1.29 is 5.21 Å². The lowest BCUT2D eigenvalue weighted by atomic mass is 9.93. The highest BCUT2D eigenvalue weighted by atomic mass is 16.4. The smallest absolute Gasteiger partial charge is 0.0577 e. The van der Waals surface area contributed by atoms with Gasteiger partial charge in [0.1, 0.15) is 0 Å². The van der Waals surface area contributed by atoms with E-state index in [0.29, 0.717) is 0 Å². The molecule has 0 unspecified atom stereocenters. The molecule has 1 fully saturated rings. The Morgan fingerprint density at radius 2 is 1.90 bits per heavy atom. The Kier molecular flexibility index (Phi) is 2.49. The van der Waals surface area contributed by atoms with Crippen LogP contribution in [0.3, 0.4) is 0 Å². The Balaban J connectivity index is 2.46. The third-order valence-electron chi connectivity index (χ3n) is 2.02. The molecule has 56 valence electrons. The van der Waals surface area contributed by atoms with Crippen LogP contribution in [0.5, 0.6) is 0 Å². The fraction of sp³-hybridized carbons (Fsp3) is 0.625. The Bertz CT molecular complexity index is 138. The van der Waals surface area contributed by atoms with E-state index >= 15 is 0 Å². The average molecular weight is 139 g/mol. The lowest BCUT2D eigenvalue weighted by molar-refractivity contribution is 0.315. The quantitative estimate of drug-likeness (QED) is 0.312. The molecule has 0 bridgehead atoms. The summed E-state index contributed by atoms with van der Waals surface area (Å²) in [4.78, 5) is 0. The van der Waals surface area contributed by atoms with Crippen LogP contribution in [0, 0.1) is 0 Å². The van der Waals surface area contributed by atoms with Gasteiger partial charge in [0.15, 0.2) is 0 Å². The van der Waals surface area contributed by atoms with Crippen molar-refractivity contribution >= 4 is 5.71 Å². The summed E-state index contributed by atoms with van der Waals surface area (Å²) in [6, 6.07) is 0. The van der Waals surface area contributed by atoms with Gasteiger partial charge in [0.2, 0.25) is 0 Å². The van der Waals surface area contributed by atoms with Gasteiger partial charge in [0.05, 0.1) is 5.71 Å². The lowest BCUT2D eigenvalue weighted by Gasteiger charge is -2.13. The summed E-state index contributed by atoms with van der Waals surface area (Å²) in [5.74, 6) is 0. The summed E-state index contributed by atoms with van der Waals surface area (Å²) < 4.78 is 0. The standard InChI is InChI=1S/C8H13NO/c1-2-7-3-5-8(9-10)6-4-7/h2,10H,3-6H2,1H3. The minimum Gasteiger partial charge on any atom is -0.411 e. The highest BCUT2D eigenvalue weighted by Crippen LogP contribution is 2.20. The molecule has 0 heterocycles. The first kappa shape index (κ1) is 7.32. The Morgan fingerprint density at radius 1 is 1.30 bits per heavy atom. The first-order valence-corrected chi connectivity index (χ1v) is 3.70. The molecule has 1 rings (SSSR count). The van der Waals surface area contributed by atoms with Crippen LogP contribution in [0.15, 0.2) is 16.8 Å². The second-order valence-corrected chi connectivity index (χ2v) is 2.61. The molecule has 1 aliphatic carbocycles. The van der Waals surface area contributed by atoms with Crippen LogP contribution in [0.4, 0.5) is 0 Å². The van der Waals surface area contributed by atoms with Crippen LogP contribution in [0.1, 0.15) is 32.6 Å². The van der Waals surface area contributed by atoms with E-state index in [1.165, 1.54) is 5.57 Å². The minimum atomic E-state index is 0.941. The maximum atomic E-state index is 8.42. The summed E-state index contributed by atoms with van der Waals surface area (Å²) in [6.07, 6.45) is 6.20. The van der Waals surface area contributed by atoms with Crippen LogP contribution in [-0.2, 0) is 0 Å².